The van der Waals surface area contributed by atoms with Gasteiger partial charge in [-0.05, 0) is 18.6 Å². The van der Waals surface area contributed by atoms with Crippen molar-refractivity contribution in [3.63, 3.8) is 0 Å². The number of aliphatic hydroxyl groups is 1. The molecule has 2 heterocycles. The summed E-state index contributed by atoms with van der Waals surface area (Å²) in [6.07, 6.45) is 3.49. The number of pyridine rings is 1. The molecule has 1 N–H and O–H groups in total. The van der Waals surface area contributed by atoms with Crippen molar-refractivity contribution < 1.29 is 5.11 Å². The van der Waals surface area contributed by atoms with Crippen LogP contribution in [-0.4, -0.2) is 15.1 Å². The molecule has 2 aromatic heterocycles. The zero-order valence-corrected chi connectivity index (χ0v) is 12.7. The van der Waals surface area contributed by atoms with Gasteiger partial charge in [-0.1, -0.05) is 20.8 Å². The largest absolute Gasteiger partial charge is 0.388 e. The molecule has 0 saturated heterocycles. The number of aliphatic hydroxyl groups excluding tert-OH is 1. The van der Waals surface area contributed by atoms with E-state index in [-0.39, 0.29) is 5.41 Å². The zero-order valence-electron chi connectivity index (χ0n) is 11.8. The number of rotatable bonds is 3. The van der Waals surface area contributed by atoms with Gasteiger partial charge in [0.25, 0.3) is 0 Å². The highest BCUT2D eigenvalue weighted by Crippen LogP contribution is 2.27. The van der Waals surface area contributed by atoms with Gasteiger partial charge in [0.05, 0.1) is 16.8 Å². The van der Waals surface area contributed by atoms with E-state index in [0.29, 0.717) is 6.42 Å². The fourth-order valence-corrected chi connectivity index (χ4v) is 2.91. The van der Waals surface area contributed by atoms with Gasteiger partial charge in [-0.15, -0.1) is 11.3 Å². The van der Waals surface area contributed by atoms with Crippen molar-refractivity contribution in [2.24, 2.45) is 0 Å². The van der Waals surface area contributed by atoms with Crippen molar-refractivity contribution in [3.8, 4) is 0 Å². The Bertz CT molecular complexity index is 557. The minimum absolute atomic E-state index is 0.0594. The van der Waals surface area contributed by atoms with Crippen molar-refractivity contribution in [2.45, 2.75) is 45.6 Å². The molecule has 0 aliphatic heterocycles. The Morgan fingerprint density at radius 2 is 2.11 bits per heavy atom. The highest BCUT2D eigenvalue weighted by molar-refractivity contribution is 7.09. The molecule has 2 aromatic rings. The lowest BCUT2D eigenvalue weighted by atomic mass is 9.93. The molecule has 102 valence electrons. The number of thiazole rings is 1. The van der Waals surface area contributed by atoms with Crippen LogP contribution in [0.2, 0.25) is 0 Å². The monoisotopic (exact) mass is 276 g/mol. The summed E-state index contributed by atoms with van der Waals surface area (Å²) in [5, 5.41) is 13.3. The Morgan fingerprint density at radius 1 is 1.37 bits per heavy atom. The maximum absolute atomic E-state index is 10.3. The maximum atomic E-state index is 10.3. The summed E-state index contributed by atoms with van der Waals surface area (Å²) >= 11 is 1.61. The van der Waals surface area contributed by atoms with E-state index in [4.69, 9.17) is 0 Å². The SMILES string of the molecule is Cc1ccncc1C(O)Cc1nc(C(C)(C)C)cs1. The van der Waals surface area contributed by atoms with Crippen molar-refractivity contribution >= 4 is 11.3 Å². The molecule has 3 nitrogen and oxygen atoms in total. The smallest absolute Gasteiger partial charge is 0.0957 e. The van der Waals surface area contributed by atoms with E-state index in [0.717, 1.165) is 21.8 Å². The van der Waals surface area contributed by atoms with Crippen LogP contribution in [0.25, 0.3) is 0 Å². The van der Waals surface area contributed by atoms with E-state index >= 15 is 0 Å². The lowest BCUT2D eigenvalue weighted by Crippen LogP contribution is -2.12. The Kier molecular flexibility index (Phi) is 4.02. The van der Waals surface area contributed by atoms with Crippen molar-refractivity contribution in [1.82, 2.24) is 9.97 Å². The van der Waals surface area contributed by atoms with Crippen LogP contribution in [0.15, 0.2) is 23.8 Å². The molecule has 2 rings (SSSR count). The van der Waals surface area contributed by atoms with Gasteiger partial charge in [0.1, 0.15) is 0 Å². The maximum Gasteiger partial charge on any atom is 0.0957 e. The summed E-state index contributed by atoms with van der Waals surface area (Å²) in [6.45, 7) is 8.43. The van der Waals surface area contributed by atoms with Crippen molar-refractivity contribution in [2.75, 3.05) is 0 Å². The van der Waals surface area contributed by atoms with E-state index < -0.39 is 6.10 Å². The fraction of sp³-hybridized carbons (Fsp3) is 0.467. The van der Waals surface area contributed by atoms with Gasteiger partial charge < -0.3 is 5.11 Å². The van der Waals surface area contributed by atoms with E-state index in [2.05, 4.69) is 36.1 Å². The first kappa shape index (κ1) is 14.2. The second-order valence-corrected chi connectivity index (χ2v) is 6.77. The molecular weight excluding hydrogens is 256 g/mol. The summed E-state index contributed by atoms with van der Waals surface area (Å²) < 4.78 is 0. The zero-order chi connectivity index (χ0) is 14.0. The van der Waals surface area contributed by atoms with Crippen molar-refractivity contribution in [1.29, 1.82) is 0 Å². The van der Waals surface area contributed by atoms with Crippen LogP contribution in [-0.2, 0) is 11.8 Å². The van der Waals surface area contributed by atoms with Crippen LogP contribution >= 0.6 is 11.3 Å². The molecule has 0 fully saturated rings. The lowest BCUT2D eigenvalue weighted by molar-refractivity contribution is 0.177. The number of aryl methyl sites for hydroxylation is 1. The Hall–Kier alpha value is -1.26. The molecule has 0 radical (unpaired) electrons. The normalized spacial score (nSPS) is 13.5. The molecule has 4 heteroatoms. The molecule has 0 saturated carbocycles. The fourth-order valence-electron chi connectivity index (χ4n) is 1.85. The van der Waals surface area contributed by atoms with Gasteiger partial charge in [-0.3, -0.25) is 4.98 Å². The third-order valence-corrected chi connectivity index (χ3v) is 4.00. The van der Waals surface area contributed by atoms with Gasteiger partial charge in [-0.25, -0.2) is 4.98 Å². The minimum Gasteiger partial charge on any atom is -0.388 e. The molecule has 0 aliphatic rings. The van der Waals surface area contributed by atoms with Gasteiger partial charge in [-0.2, -0.15) is 0 Å². The highest BCUT2D eigenvalue weighted by atomic mass is 32.1. The molecule has 0 aromatic carbocycles. The lowest BCUT2D eigenvalue weighted by Gasteiger charge is -2.14. The van der Waals surface area contributed by atoms with Gasteiger partial charge in [0.2, 0.25) is 0 Å². The molecule has 0 amide bonds. The minimum atomic E-state index is -0.535. The third kappa shape index (κ3) is 3.39. The molecule has 0 spiro atoms. The number of nitrogens with zero attached hydrogens (tertiary/aromatic N) is 2. The van der Waals surface area contributed by atoms with Crippen LogP contribution in [0, 0.1) is 6.92 Å². The quantitative estimate of drug-likeness (QED) is 0.934. The second kappa shape index (κ2) is 5.39. The van der Waals surface area contributed by atoms with Crippen LogP contribution in [0.5, 0.6) is 0 Å². The highest BCUT2D eigenvalue weighted by Gasteiger charge is 2.19. The summed E-state index contributed by atoms with van der Waals surface area (Å²) in [4.78, 5) is 8.69. The average Bonchev–Trinajstić information content (AvgIpc) is 2.77. The van der Waals surface area contributed by atoms with Gasteiger partial charge >= 0.3 is 0 Å². The summed E-state index contributed by atoms with van der Waals surface area (Å²) in [5.41, 5.74) is 3.09. The molecule has 19 heavy (non-hydrogen) atoms. The van der Waals surface area contributed by atoms with Crippen molar-refractivity contribution in [3.05, 3.63) is 45.7 Å². The number of hydrogen-bond donors (Lipinski definition) is 1. The first-order valence-electron chi connectivity index (χ1n) is 6.41. The van der Waals surface area contributed by atoms with Gasteiger partial charge in [0, 0.05) is 35.2 Å². The first-order chi connectivity index (χ1) is 8.88. The molecule has 1 unspecified atom stereocenters. The van der Waals surface area contributed by atoms with Crippen LogP contribution in [0.4, 0.5) is 0 Å². The summed E-state index contributed by atoms with van der Waals surface area (Å²) in [5.74, 6) is 0. The van der Waals surface area contributed by atoms with E-state index in [1.54, 1.807) is 23.7 Å². The van der Waals surface area contributed by atoms with E-state index in [1.165, 1.54) is 0 Å². The number of aromatic nitrogens is 2. The molecule has 1 atom stereocenters. The first-order valence-corrected chi connectivity index (χ1v) is 7.29. The van der Waals surface area contributed by atoms with E-state index in [9.17, 15) is 5.11 Å². The second-order valence-electron chi connectivity index (χ2n) is 5.83. The standard InChI is InChI=1S/C15H20N2OS/c1-10-5-6-16-8-11(10)12(18)7-14-17-13(9-19-14)15(2,3)4/h5-6,8-9,12,18H,7H2,1-4H3. The average molecular weight is 276 g/mol. The van der Waals surface area contributed by atoms with Crippen LogP contribution in [0.3, 0.4) is 0 Å². The van der Waals surface area contributed by atoms with Crippen LogP contribution in [0.1, 0.15) is 48.7 Å². The van der Waals surface area contributed by atoms with Gasteiger partial charge in [0.15, 0.2) is 0 Å². The molecule has 0 bridgehead atoms. The summed E-state index contributed by atoms with van der Waals surface area (Å²) in [7, 11) is 0. The Labute approximate surface area is 118 Å². The van der Waals surface area contributed by atoms with E-state index in [1.807, 2.05) is 13.0 Å². The number of hydrogen-bond acceptors (Lipinski definition) is 4. The third-order valence-electron chi connectivity index (χ3n) is 3.13. The Balaban J connectivity index is 2.14. The topological polar surface area (TPSA) is 46.0 Å². The summed E-state index contributed by atoms with van der Waals surface area (Å²) in [6, 6.07) is 1.92. The predicted molar refractivity (Wildman–Crippen MR) is 78.5 cm³/mol. The molecular formula is C15H20N2OS. The molecule has 0 aliphatic carbocycles. The Morgan fingerprint density at radius 3 is 2.68 bits per heavy atom. The van der Waals surface area contributed by atoms with Crippen LogP contribution < -0.4 is 0 Å². The predicted octanol–water partition coefficient (Wildman–Crippen LogP) is 3.42.